The van der Waals surface area contributed by atoms with Crippen molar-refractivity contribution in [3.63, 3.8) is 0 Å². The monoisotopic (exact) mass is 194 g/mol. The average molecular weight is 194 g/mol. The molecule has 1 aliphatic carbocycles. The Labute approximate surface area is 83.2 Å². The SMILES string of the molecule is CSc1ccc(C2(O)CCC2)cc1. The highest BCUT2D eigenvalue weighted by atomic mass is 32.2. The molecule has 2 heteroatoms. The Hall–Kier alpha value is -0.470. The van der Waals surface area contributed by atoms with Crippen molar-refractivity contribution in [2.45, 2.75) is 29.8 Å². The highest BCUT2D eigenvalue weighted by Crippen LogP contribution is 2.41. The highest BCUT2D eigenvalue weighted by Gasteiger charge is 2.35. The van der Waals surface area contributed by atoms with Gasteiger partial charge in [-0.25, -0.2) is 0 Å². The first-order valence-electron chi connectivity index (χ1n) is 4.61. The number of rotatable bonds is 2. The summed E-state index contributed by atoms with van der Waals surface area (Å²) in [5, 5.41) is 10.0. The van der Waals surface area contributed by atoms with Crippen LogP contribution in [0.1, 0.15) is 24.8 Å². The second-order valence-electron chi connectivity index (χ2n) is 3.61. The van der Waals surface area contributed by atoms with E-state index in [0.717, 1.165) is 24.8 Å². The van der Waals surface area contributed by atoms with Gasteiger partial charge in [0, 0.05) is 4.90 Å². The van der Waals surface area contributed by atoms with Gasteiger partial charge in [0.25, 0.3) is 0 Å². The van der Waals surface area contributed by atoms with E-state index in [1.807, 2.05) is 12.1 Å². The van der Waals surface area contributed by atoms with Crippen LogP contribution in [0.5, 0.6) is 0 Å². The number of benzene rings is 1. The van der Waals surface area contributed by atoms with E-state index in [-0.39, 0.29) is 0 Å². The van der Waals surface area contributed by atoms with Gasteiger partial charge in [-0.05, 0) is 43.2 Å². The summed E-state index contributed by atoms with van der Waals surface area (Å²) in [7, 11) is 0. The molecule has 0 spiro atoms. The van der Waals surface area contributed by atoms with Crippen molar-refractivity contribution in [1.82, 2.24) is 0 Å². The van der Waals surface area contributed by atoms with Gasteiger partial charge >= 0.3 is 0 Å². The first-order chi connectivity index (χ1) is 6.24. The van der Waals surface area contributed by atoms with Crippen molar-refractivity contribution in [3.8, 4) is 0 Å². The van der Waals surface area contributed by atoms with Crippen molar-refractivity contribution in [2.75, 3.05) is 6.26 Å². The van der Waals surface area contributed by atoms with Crippen molar-refractivity contribution in [2.24, 2.45) is 0 Å². The number of hydrogen-bond acceptors (Lipinski definition) is 2. The van der Waals surface area contributed by atoms with E-state index in [1.54, 1.807) is 11.8 Å². The predicted molar refractivity (Wildman–Crippen MR) is 56.0 cm³/mol. The van der Waals surface area contributed by atoms with Gasteiger partial charge < -0.3 is 5.11 Å². The van der Waals surface area contributed by atoms with Gasteiger partial charge in [-0.15, -0.1) is 11.8 Å². The standard InChI is InChI=1S/C11H14OS/c1-13-10-5-3-9(4-6-10)11(12)7-2-8-11/h3-6,12H,2,7-8H2,1H3. The van der Waals surface area contributed by atoms with Crippen LogP contribution >= 0.6 is 11.8 Å². The predicted octanol–water partition coefficient (Wildman–Crippen LogP) is 2.78. The molecule has 0 saturated heterocycles. The number of aliphatic hydroxyl groups is 1. The third-order valence-electron chi connectivity index (χ3n) is 2.81. The van der Waals surface area contributed by atoms with Crippen molar-refractivity contribution in [3.05, 3.63) is 29.8 Å². The fourth-order valence-electron chi connectivity index (χ4n) is 1.70. The van der Waals surface area contributed by atoms with Gasteiger partial charge in [0.1, 0.15) is 0 Å². The van der Waals surface area contributed by atoms with Crippen LogP contribution in [0.3, 0.4) is 0 Å². The summed E-state index contributed by atoms with van der Waals surface area (Å²) >= 11 is 1.73. The van der Waals surface area contributed by atoms with Crippen LogP contribution in [0.15, 0.2) is 29.2 Å². The van der Waals surface area contributed by atoms with Gasteiger partial charge in [0.05, 0.1) is 5.60 Å². The molecule has 1 aliphatic rings. The Morgan fingerprint density at radius 2 is 1.85 bits per heavy atom. The van der Waals surface area contributed by atoms with Crippen LogP contribution in [-0.2, 0) is 5.60 Å². The smallest absolute Gasteiger partial charge is 0.0896 e. The zero-order valence-electron chi connectivity index (χ0n) is 7.79. The summed E-state index contributed by atoms with van der Waals surface area (Å²) in [6.45, 7) is 0. The molecule has 2 rings (SSSR count). The minimum Gasteiger partial charge on any atom is -0.385 e. The molecule has 0 aromatic heterocycles. The second kappa shape index (κ2) is 3.35. The second-order valence-corrected chi connectivity index (χ2v) is 4.49. The molecule has 1 nitrogen and oxygen atoms in total. The fraction of sp³-hybridized carbons (Fsp3) is 0.455. The van der Waals surface area contributed by atoms with Crippen molar-refractivity contribution >= 4 is 11.8 Å². The number of hydrogen-bond donors (Lipinski definition) is 1. The van der Waals surface area contributed by atoms with Gasteiger partial charge in [0.15, 0.2) is 0 Å². The maximum absolute atomic E-state index is 10.0. The molecular formula is C11H14OS. The number of thioether (sulfide) groups is 1. The molecule has 0 amide bonds. The van der Waals surface area contributed by atoms with E-state index in [4.69, 9.17) is 0 Å². The van der Waals surface area contributed by atoms with Crippen molar-refractivity contribution < 1.29 is 5.11 Å². The zero-order valence-corrected chi connectivity index (χ0v) is 8.60. The molecule has 1 fully saturated rings. The van der Waals surface area contributed by atoms with E-state index in [1.165, 1.54) is 4.90 Å². The van der Waals surface area contributed by atoms with E-state index in [2.05, 4.69) is 18.4 Å². The summed E-state index contributed by atoms with van der Waals surface area (Å²) in [5.74, 6) is 0. The molecule has 1 aromatic rings. The van der Waals surface area contributed by atoms with Crippen LogP contribution in [0, 0.1) is 0 Å². The third-order valence-corrected chi connectivity index (χ3v) is 3.55. The lowest BCUT2D eigenvalue weighted by Gasteiger charge is -2.37. The van der Waals surface area contributed by atoms with Gasteiger partial charge in [-0.3, -0.25) is 0 Å². The molecule has 1 aromatic carbocycles. The maximum Gasteiger partial charge on any atom is 0.0896 e. The summed E-state index contributed by atoms with van der Waals surface area (Å²) in [5.41, 5.74) is 0.577. The fourth-order valence-corrected chi connectivity index (χ4v) is 2.11. The van der Waals surface area contributed by atoms with Gasteiger partial charge in [0.2, 0.25) is 0 Å². The van der Waals surface area contributed by atoms with Crippen LogP contribution in [0.2, 0.25) is 0 Å². The zero-order chi connectivity index (χ0) is 9.31. The quantitative estimate of drug-likeness (QED) is 0.730. The molecule has 0 radical (unpaired) electrons. The molecule has 0 unspecified atom stereocenters. The molecule has 1 N–H and O–H groups in total. The largest absolute Gasteiger partial charge is 0.385 e. The lowest BCUT2D eigenvalue weighted by atomic mass is 9.75. The summed E-state index contributed by atoms with van der Waals surface area (Å²) < 4.78 is 0. The Balaban J connectivity index is 2.22. The maximum atomic E-state index is 10.0. The molecule has 0 atom stereocenters. The average Bonchev–Trinajstić information content (AvgIpc) is 2.14. The van der Waals surface area contributed by atoms with E-state index in [9.17, 15) is 5.11 Å². The molecular weight excluding hydrogens is 180 g/mol. The molecule has 0 aliphatic heterocycles. The van der Waals surface area contributed by atoms with E-state index in [0.29, 0.717) is 0 Å². The Morgan fingerprint density at radius 1 is 1.23 bits per heavy atom. The van der Waals surface area contributed by atoms with Crippen molar-refractivity contribution in [1.29, 1.82) is 0 Å². The molecule has 1 saturated carbocycles. The van der Waals surface area contributed by atoms with Crippen LogP contribution in [0.4, 0.5) is 0 Å². The molecule has 0 heterocycles. The summed E-state index contributed by atoms with van der Waals surface area (Å²) in [6, 6.07) is 8.25. The Morgan fingerprint density at radius 3 is 2.23 bits per heavy atom. The molecule has 0 bridgehead atoms. The summed E-state index contributed by atoms with van der Waals surface area (Å²) in [6.07, 6.45) is 5.06. The van der Waals surface area contributed by atoms with Crippen LogP contribution in [-0.4, -0.2) is 11.4 Å². The highest BCUT2D eigenvalue weighted by molar-refractivity contribution is 7.98. The first kappa shape index (κ1) is 9.10. The molecule has 70 valence electrons. The third kappa shape index (κ3) is 1.61. The lowest BCUT2D eigenvalue weighted by molar-refractivity contribution is -0.0388. The lowest BCUT2D eigenvalue weighted by Crippen LogP contribution is -2.33. The minimum absolute atomic E-state index is 0.503. The Bertz CT molecular complexity index is 287. The normalized spacial score (nSPS) is 19.5. The van der Waals surface area contributed by atoms with Crippen LogP contribution < -0.4 is 0 Å². The minimum atomic E-state index is -0.503. The van der Waals surface area contributed by atoms with E-state index >= 15 is 0 Å². The van der Waals surface area contributed by atoms with Crippen LogP contribution in [0.25, 0.3) is 0 Å². The topological polar surface area (TPSA) is 20.2 Å². The molecule has 13 heavy (non-hydrogen) atoms. The first-order valence-corrected chi connectivity index (χ1v) is 5.84. The summed E-state index contributed by atoms with van der Waals surface area (Å²) in [4.78, 5) is 1.26. The Kier molecular flexibility index (Phi) is 2.35. The van der Waals surface area contributed by atoms with Gasteiger partial charge in [-0.2, -0.15) is 0 Å². The van der Waals surface area contributed by atoms with Gasteiger partial charge in [-0.1, -0.05) is 12.1 Å². The van der Waals surface area contributed by atoms with E-state index < -0.39 is 5.60 Å².